The fraction of sp³-hybridized carbons (Fsp3) is 0.533. The molecule has 0 N–H and O–H groups in total. The van der Waals surface area contributed by atoms with Crippen molar-refractivity contribution < 1.29 is 9.53 Å². The number of hydrogen-bond donors (Lipinski definition) is 0. The van der Waals surface area contributed by atoms with Crippen molar-refractivity contribution in [2.24, 2.45) is 5.92 Å². The van der Waals surface area contributed by atoms with Crippen LogP contribution >= 0.6 is 15.9 Å². The van der Waals surface area contributed by atoms with Crippen LogP contribution in [0.15, 0.2) is 28.7 Å². The molecule has 0 heterocycles. The SMILES string of the molecule is CC(C)(C)OC(=O)C1CC1(C)c1ccc(Br)cc1. The predicted molar refractivity (Wildman–Crippen MR) is 75.4 cm³/mol. The quantitative estimate of drug-likeness (QED) is 0.770. The Hall–Kier alpha value is -0.830. The summed E-state index contributed by atoms with van der Waals surface area (Å²) in [6.07, 6.45) is 0.879. The van der Waals surface area contributed by atoms with E-state index < -0.39 is 5.60 Å². The number of benzene rings is 1. The average Bonchev–Trinajstić information content (AvgIpc) is 2.90. The maximum Gasteiger partial charge on any atom is 0.310 e. The Morgan fingerprint density at radius 1 is 1.33 bits per heavy atom. The lowest BCUT2D eigenvalue weighted by atomic mass is 9.95. The standard InChI is InChI=1S/C15H19BrO2/c1-14(2,3)18-13(17)12-9-15(12,4)10-5-7-11(16)8-6-10/h5-8,12H,9H2,1-4H3. The van der Waals surface area contributed by atoms with Crippen molar-refractivity contribution in [3.63, 3.8) is 0 Å². The van der Waals surface area contributed by atoms with Crippen molar-refractivity contribution in [1.29, 1.82) is 0 Å². The van der Waals surface area contributed by atoms with Gasteiger partial charge in [0.25, 0.3) is 0 Å². The Labute approximate surface area is 117 Å². The minimum Gasteiger partial charge on any atom is -0.460 e. The molecule has 0 saturated heterocycles. The largest absolute Gasteiger partial charge is 0.460 e. The smallest absolute Gasteiger partial charge is 0.310 e. The van der Waals surface area contributed by atoms with Gasteiger partial charge in [-0.15, -0.1) is 0 Å². The van der Waals surface area contributed by atoms with Gasteiger partial charge >= 0.3 is 5.97 Å². The first-order chi connectivity index (χ1) is 8.22. The highest BCUT2D eigenvalue weighted by Gasteiger charge is 2.57. The summed E-state index contributed by atoms with van der Waals surface area (Å²) < 4.78 is 6.51. The summed E-state index contributed by atoms with van der Waals surface area (Å²) in [5, 5.41) is 0. The lowest BCUT2D eigenvalue weighted by Gasteiger charge is -2.20. The summed E-state index contributed by atoms with van der Waals surface area (Å²) in [6, 6.07) is 8.19. The third-order valence-electron chi connectivity index (χ3n) is 3.43. The van der Waals surface area contributed by atoms with Crippen LogP contribution in [-0.2, 0) is 14.9 Å². The van der Waals surface area contributed by atoms with Gasteiger partial charge in [0, 0.05) is 9.89 Å². The summed E-state index contributed by atoms with van der Waals surface area (Å²) in [7, 11) is 0. The zero-order valence-corrected chi connectivity index (χ0v) is 12.9. The zero-order chi connectivity index (χ0) is 13.6. The number of carbonyl (C=O) groups excluding carboxylic acids is 1. The molecule has 2 atom stereocenters. The van der Waals surface area contributed by atoms with Gasteiger partial charge in [-0.25, -0.2) is 0 Å². The van der Waals surface area contributed by atoms with E-state index in [9.17, 15) is 4.79 Å². The van der Waals surface area contributed by atoms with Crippen LogP contribution in [0.5, 0.6) is 0 Å². The van der Waals surface area contributed by atoms with Crippen LogP contribution in [0.3, 0.4) is 0 Å². The zero-order valence-electron chi connectivity index (χ0n) is 11.3. The molecule has 1 aromatic carbocycles. The van der Waals surface area contributed by atoms with Crippen LogP contribution in [0, 0.1) is 5.92 Å². The average molecular weight is 311 g/mol. The van der Waals surface area contributed by atoms with E-state index in [0.717, 1.165) is 10.9 Å². The molecule has 1 fully saturated rings. The predicted octanol–water partition coefficient (Wildman–Crippen LogP) is 4.07. The van der Waals surface area contributed by atoms with Crippen LogP contribution < -0.4 is 0 Å². The molecule has 0 bridgehead atoms. The number of esters is 1. The molecule has 2 rings (SSSR count). The van der Waals surface area contributed by atoms with Crippen LogP contribution in [0.2, 0.25) is 0 Å². The highest BCUT2D eigenvalue weighted by molar-refractivity contribution is 9.10. The molecular formula is C15H19BrO2. The molecule has 2 unspecified atom stereocenters. The van der Waals surface area contributed by atoms with Crippen molar-refractivity contribution in [2.45, 2.75) is 45.1 Å². The van der Waals surface area contributed by atoms with Crippen LogP contribution in [-0.4, -0.2) is 11.6 Å². The van der Waals surface area contributed by atoms with Gasteiger partial charge in [0.15, 0.2) is 0 Å². The van der Waals surface area contributed by atoms with Gasteiger partial charge < -0.3 is 4.74 Å². The van der Waals surface area contributed by atoms with E-state index in [1.54, 1.807) is 0 Å². The van der Waals surface area contributed by atoms with E-state index in [1.807, 2.05) is 32.9 Å². The highest BCUT2D eigenvalue weighted by atomic mass is 79.9. The maximum atomic E-state index is 12.0. The van der Waals surface area contributed by atoms with Gasteiger partial charge in [0.2, 0.25) is 0 Å². The van der Waals surface area contributed by atoms with Gasteiger partial charge in [-0.2, -0.15) is 0 Å². The number of ether oxygens (including phenoxy) is 1. The van der Waals surface area contributed by atoms with Gasteiger partial charge in [-0.05, 0) is 44.9 Å². The fourth-order valence-electron chi connectivity index (χ4n) is 2.23. The normalized spacial score (nSPS) is 26.8. The number of halogens is 1. The second-order valence-corrected chi connectivity index (χ2v) is 7.13. The monoisotopic (exact) mass is 310 g/mol. The molecule has 1 saturated carbocycles. The van der Waals surface area contributed by atoms with Gasteiger partial charge in [-0.3, -0.25) is 4.79 Å². The first-order valence-corrected chi connectivity index (χ1v) is 7.00. The van der Waals surface area contributed by atoms with Gasteiger partial charge in [0.1, 0.15) is 5.60 Å². The lowest BCUT2D eigenvalue weighted by molar-refractivity contribution is -0.157. The molecule has 2 nitrogen and oxygen atoms in total. The summed E-state index contributed by atoms with van der Waals surface area (Å²) in [5.74, 6) is -0.0779. The first-order valence-electron chi connectivity index (χ1n) is 6.21. The van der Waals surface area contributed by atoms with E-state index in [0.29, 0.717) is 0 Å². The first kappa shape index (κ1) is 13.6. The minimum absolute atomic E-state index is 0.00194. The molecule has 3 heteroatoms. The summed E-state index contributed by atoms with van der Waals surface area (Å²) in [5.41, 5.74) is 0.755. The third-order valence-corrected chi connectivity index (χ3v) is 3.96. The molecule has 1 aliphatic carbocycles. The highest BCUT2D eigenvalue weighted by Crippen LogP contribution is 2.54. The second-order valence-electron chi connectivity index (χ2n) is 6.21. The second kappa shape index (κ2) is 4.37. The van der Waals surface area contributed by atoms with Crippen LogP contribution in [0.25, 0.3) is 0 Å². The lowest BCUT2D eigenvalue weighted by Crippen LogP contribution is -2.26. The Kier molecular flexibility index (Phi) is 3.30. The summed E-state index contributed by atoms with van der Waals surface area (Å²) in [4.78, 5) is 12.0. The van der Waals surface area contributed by atoms with E-state index in [-0.39, 0.29) is 17.3 Å². The molecule has 98 valence electrons. The molecule has 0 radical (unpaired) electrons. The molecule has 1 aromatic rings. The summed E-state index contributed by atoms with van der Waals surface area (Å²) in [6.45, 7) is 7.85. The molecule has 0 spiro atoms. The van der Waals surface area contributed by atoms with Crippen molar-refractivity contribution >= 4 is 21.9 Å². The van der Waals surface area contributed by atoms with Gasteiger partial charge in [-0.1, -0.05) is 35.0 Å². The Morgan fingerprint density at radius 3 is 2.39 bits per heavy atom. The van der Waals surface area contributed by atoms with E-state index in [4.69, 9.17) is 4.74 Å². The van der Waals surface area contributed by atoms with Crippen LogP contribution in [0.4, 0.5) is 0 Å². The Balaban J connectivity index is 2.09. The molecule has 0 amide bonds. The van der Waals surface area contributed by atoms with Crippen molar-refractivity contribution in [3.05, 3.63) is 34.3 Å². The minimum atomic E-state index is -0.402. The topological polar surface area (TPSA) is 26.3 Å². The molecule has 0 aliphatic heterocycles. The van der Waals surface area contributed by atoms with Crippen LogP contribution in [0.1, 0.15) is 39.7 Å². The Morgan fingerprint density at radius 2 is 1.89 bits per heavy atom. The Bertz CT molecular complexity index is 458. The van der Waals surface area contributed by atoms with Crippen molar-refractivity contribution in [1.82, 2.24) is 0 Å². The number of hydrogen-bond acceptors (Lipinski definition) is 2. The fourth-order valence-corrected chi connectivity index (χ4v) is 2.50. The molecule has 0 aromatic heterocycles. The van der Waals surface area contributed by atoms with E-state index >= 15 is 0 Å². The molecule has 18 heavy (non-hydrogen) atoms. The van der Waals surface area contributed by atoms with E-state index in [1.165, 1.54) is 5.56 Å². The third kappa shape index (κ3) is 2.77. The number of carbonyl (C=O) groups is 1. The van der Waals surface area contributed by atoms with Gasteiger partial charge in [0.05, 0.1) is 5.92 Å². The van der Waals surface area contributed by atoms with Crippen molar-refractivity contribution in [3.8, 4) is 0 Å². The maximum absolute atomic E-state index is 12.0. The van der Waals surface area contributed by atoms with Crippen molar-refractivity contribution in [2.75, 3.05) is 0 Å². The number of rotatable bonds is 2. The molecular weight excluding hydrogens is 292 g/mol. The molecule has 1 aliphatic rings. The van der Waals surface area contributed by atoms with E-state index in [2.05, 4.69) is 35.0 Å². The summed E-state index contributed by atoms with van der Waals surface area (Å²) >= 11 is 3.42.